The Morgan fingerprint density at radius 3 is 2.47 bits per heavy atom. The van der Waals surface area contributed by atoms with Crippen molar-refractivity contribution in [3.05, 3.63) is 23.5 Å². The van der Waals surface area contributed by atoms with Crippen LogP contribution in [0.1, 0.15) is 18.4 Å². The van der Waals surface area contributed by atoms with Crippen molar-refractivity contribution in [3.63, 3.8) is 0 Å². The van der Waals surface area contributed by atoms with Crippen molar-refractivity contribution in [1.29, 1.82) is 0 Å². The van der Waals surface area contributed by atoms with E-state index in [1.165, 1.54) is 20.3 Å². The van der Waals surface area contributed by atoms with E-state index in [9.17, 15) is 4.39 Å². The molecule has 0 heterocycles. The van der Waals surface area contributed by atoms with Crippen LogP contribution in [0.5, 0.6) is 11.5 Å². The smallest absolute Gasteiger partial charge is 0.134 e. The molecule has 1 aromatic carbocycles. The summed E-state index contributed by atoms with van der Waals surface area (Å²) in [5.41, 5.74) is 6.01. The van der Waals surface area contributed by atoms with Crippen molar-refractivity contribution in [2.75, 3.05) is 20.8 Å². The number of hydrogen-bond acceptors (Lipinski definition) is 3. The SMILES string of the molecule is COc1cc(F)c(C(C)CN)c(OC)c1. The van der Waals surface area contributed by atoms with E-state index in [-0.39, 0.29) is 11.7 Å². The summed E-state index contributed by atoms with van der Waals surface area (Å²) in [6.45, 7) is 2.23. The van der Waals surface area contributed by atoms with Crippen LogP contribution in [0, 0.1) is 5.82 Å². The second-order valence-electron chi connectivity index (χ2n) is 3.36. The minimum absolute atomic E-state index is 0.0779. The molecule has 0 aliphatic rings. The van der Waals surface area contributed by atoms with Gasteiger partial charge in [-0.3, -0.25) is 0 Å². The summed E-state index contributed by atoms with van der Waals surface area (Å²) in [6.07, 6.45) is 0. The van der Waals surface area contributed by atoms with E-state index in [0.717, 1.165) is 0 Å². The molecule has 0 saturated carbocycles. The van der Waals surface area contributed by atoms with Gasteiger partial charge in [0.05, 0.1) is 14.2 Å². The normalized spacial score (nSPS) is 12.3. The van der Waals surface area contributed by atoms with Crippen LogP contribution in [0.15, 0.2) is 12.1 Å². The molecule has 0 saturated heterocycles. The summed E-state index contributed by atoms with van der Waals surface area (Å²) in [6, 6.07) is 2.99. The van der Waals surface area contributed by atoms with Crippen molar-refractivity contribution < 1.29 is 13.9 Å². The molecule has 0 radical (unpaired) electrons. The molecule has 1 rings (SSSR count). The molecular formula is C11H16FNO2. The van der Waals surface area contributed by atoms with Crippen LogP contribution >= 0.6 is 0 Å². The van der Waals surface area contributed by atoms with Crippen molar-refractivity contribution in [1.82, 2.24) is 0 Å². The van der Waals surface area contributed by atoms with Gasteiger partial charge in [-0.2, -0.15) is 0 Å². The molecule has 0 aliphatic heterocycles. The minimum Gasteiger partial charge on any atom is -0.497 e. The summed E-state index contributed by atoms with van der Waals surface area (Å²) >= 11 is 0. The predicted molar refractivity (Wildman–Crippen MR) is 57.0 cm³/mol. The summed E-state index contributed by atoms with van der Waals surface area (Å²) < 4.78 is 23.8. The van der Waals surface area contributed by atoms with E-state index in [1.54, 1.807) is 6.07 Å². The highest BCUT2D eigenvalue weighted by atomic mass is 19.1. The average Bonchev–Trinajstić information content (AvgIpc) is 2.26. The molecule has 0 fully saturated rings. The zero-order chi connectivity index (χ0) is 11.4. The molecule has 0 spiro atoms. The van der Waals surface area contributed by atoms with Gasteiger partial charge in [-0.1, -0.05) is 6.92 Å². The first-order valence-electron chi connectivity index (χ1n) is 4.75. The van der Waals surface area contributed by atoms with Crippen LogP contribution < -0.4 is 15.2 Å². The van der Waals surface area contributed by atoms with Gasteiger partial charge in [-0.25, -0.2) is 4.39 Å². The van der Waals surface area contributed by atoms with Crippen LogP contribution in [0.3, 0.4) is 0 Å². The van der Waals surface area contributed by atoms with Gasteiger partial charge in [0, 0.05) is 17.7 Å². The third-order valence-electron chi connectivity index (χ3n) is 2.37. The Morgan fingerprint density at radius 1 is 1.33 bits per heavy atom. The molecule has 0 aliphatic carbocycles. The number of nitrogens with two attached hydrogens (primary N) is 1. The molecule has 1 atom stereocenters. The summed E-state index contributed by atoms with van der Waals surface area (Å²) in [5.74, 6) is 0.497. The fourth-order valence-electron chi connectivity index (χ4n) is 1.45. The van der Waals surface area contributed by atoms with E-state index >= 15 is 0 Å². The number of benzene rings is 1. The van der Waals surface area contributed by atoms with Crippen LogP contribution in [0.25, 0.3) is 0 Å². The van der Waals surface area contributed by atoms with Crippen molar-refractivity contribution in [2.45, 2.75) is 12.8 Å². The van der Waals surface area contributed by atoms with Gasteiger partial charge in [0.25, 0.3) is 0 Å². The number of halogens is 1. The molecule has 3 nitrogen and oxygen atoms in total. The topological polar surface area (TPSA) is 44.5 Å². The van der Waals surface area contributed by atoms with E-state index in [4.69, 9.17) is 15.2 Å². The molecule has 15 heavy (non-hydrogen) atoms. The lowest BCUT2D eigenvalue weighted by Crippen LogP contribution is -2.12. The lowest BCUT2D eigenvalue weighted by Gasteiger charge is -2.15. The average molecular weight is 213 g/mol. The zero-order valence-electron chi connectivity index (χ0n) is 9.21. The molecule has 1 aromatic rings. The minimum atomic E-state index is -0.343. The van der Waals surface area contributed by atoms with E-state index in [2.05, 4.69) is 0 Å². The lowest BCUT2D eigenvalue weighted by atomic mass is 9.99. The zero-order valence-corrected chi connectivity index (χ0v) is 9.21. The second kappa shape index (κ2) is 4.98. The largest absolute Gasteiger partial charge is 0.497 e. The molecular weight excluding hydrogens is 197 g/mol. The first kappa shape index (κ1) is 11.8. The van der Waals surface area contributed by atoms with Gasteiger partial charge in [0.1, 0.15) is 17.3 Å². The quantitative estimate of drug-likeness (QED) is 0.830. The molecule has 84 valence electrons. The first-order chi connectivity index (χ1) is 7.13. The first-order valence-corrected chi connectivity index (χ1v) is 4.75. The molecule has 0 bridgehead atoms. The van der Waals surface area contributed by atoms with Gasteiger partial charge in [-0.15, -0.1) is 0 Å². The maximum Gasteiger partial charge on any atom is 0.134 e. The molecule has 0 amide bonds. The highest BCUT2D eigenvalue weighted by molar-refractivity contribution is 5.43. The van der Waals surface area contributed by atoms with Crippen LogP contribution in [-0.4, -0.2) is 20.8 Å². The Balaban J connectivity index is 3.24. The highest BCUT2D eigenvalue weighted by Gasteiger charge is 2.17. The van der Waals surface area contributed by atoms with Gasteiger partial charge >= 0.3 is 0 Å². The van der Waals surface area contributed by atoms with Crippen LogP contribution in [0.2, 0.25) is 0 Å². The van der Waals surface area contributed by atoms with E-state index in [1.807, 2.05) is 6.92 Å². The third-order valence-corrected chi connectivity index (χ3v) is 2.37. The molecule has 2 N–H and O–H groups in total. The summed E-state index contributed by atoms with van der Waals surface area (Å²) in [7, 11) is 2.99. The number of rotatable bonds is 4. The molecule has 4 heteroatoms. The van der Waals surface area contributed by atoms with E-state index in [0.29, 0.717) is 23.6 Å². The van der Waals surface area contributed by atoms with Gasteiger partial charge in [-0.05, 0) is 12.5 Å². The number of hydrogen-bond donors (Lipinski definition) is 1. The van der Waals surface area contributed by atoms with Crippen molar-refractivity contribution >= 4 is 0 Å². The Bertz CT molecular complexity index is 342. The Morgan fingerprint density at radius 2 is 2.00 bits per heavy atom. The second-order valence-corrected chi connectivity index (χ2v) is 3.36. The van der Waals surface area contributed by atoms with Gasteiger partial charge in [0.2, 0.25) is 0 Å². The fourth-order valence-corrected chi connectivity index (χ4v) is 1.45. The third kappa shape index (κ3) is 2.39. The summed E-state index contributed by atoms with van der Waals surface area (Å²) in [4.78, 5) is 0. The van der Waals surface area contributed by atoms with Gasteiger partial charge in [0.15, 0.2) is 0 Å². The maximum absolute atomic E-state index is 13.7. The number of methoxy groups -OCH3 is 2. The molecule has 0 aromatic heterocycles. The van der Waals surface area contributed by atoms with Crippen molar-refractivity contribution in [3.8, 4) is 11.5 Å². The Labute approximate surface area is 89.0 Å². The molecule has 1 unspecified atom stereocenters. The van der Waals surface area contributed by atoms with Gasteiger partial charge < -0.3 is 15.2 Å². The van der Waals surface area contributed by atoms with Crippen LogP contribution in [-0.2, 0) is 0 Å². The predicted octanol–water partition coefficient (Wildman–Crippen LogP) is 1.91. The highest BCUT2D eigenvalue weighted by Crippen LogP contribution is 2.32. The standard InChI is InChI=1S/C11H16FNO2/c1-7(6-13)11-9(12)4-8(14-2)5-10(11)15-3/h4-5,7H,6,13H2,1-3H3. The maximum atomic E-state index is 13.7. The lowest BCUT2D eigenvalue weighted by molar-refractivity contribution is 0.381. The summed E-state index contributed by atoms with van der Waals surface area (Å²) in [5, 5.41) is 0. The van der Waals surface area contributed by atoms with Crippen LogP contribution in [0.4, 0.5) is 4.39 Å². The van der Waals surface area contributed by atoms with Crippen molar-refractivity contribution in [2.24, 2.45) is 5.73 Å². The monoisotopic (exact) mass is 213 g/mol. The Kier molecular flexibility index (Phi) is 3.91. The fraction of sp³-hybridized carbons (Fsp3) is 0.455. The Hall–Kier alpha value is -1.29. The van der Waals surface area contributed by atoms with E-state index < -0.39 is 0 Å². The number of ether oxygens (including phenoxy) is 2.